The number of benzene rings is 1. The third-order valence-electron chi connectivity index (χ3n) is 2.87. The lowest BCUT2D eigenvalue weighted by Crippen LogP contribution is -2.06. The van der Waals surface area contributed by atoms with Crippen LogP contribution in [0.4, 0.5) is 0 Å². The molecule has 0 heterocycles. The third-order valence-corrected chi connectivity index (χ3v) is 2.87. The molecule has 17 heavy (non-hydrogen) atoms. The predicted molar refractivity (Wildman–Crippen MR) is 76.9 cm³/mol. The molecule has 1 aromatic carbocycles. The van der Waals surface area contributed by atoms with Gasteiger partial charge in [-0.2, -0.15) is 0 Å². The normalized spacial score (nSPS) is 10.9. The van der Waals surface area contributed by atoms with Crippen LogP contribution in [0.15, 0.2) is 36.5 Å². The van der Waals surface area contributed by atoms with Gasteiger partial charge in [-0.15, -0.1) is 0 Å². The standard InChI is InChI=1S/C16H25N/c1-2-3-4-5-6-10-14-17-15-13-16-11-8-7-9-12-16/h7-9,11-13,15,17H,2-6,10,14H2,1H3. The summed E-state index contributed by atoms with van der Waals surface area (Å²) in [4.78, 5) is 0. The molecule has 0 radical (unpaired) electrons. The van der Waals surface area contributed by atoms with Gasteiger partial charge in [0.2, 0.25) is 0 Å². The van der Waals surface area contributed by atoms with Crippen LogP contribution in [0.1, 0.15) is 51.0 Å². The van der Waals surface area contributed by atoms with Gasteiger partial charge in [0.1, 0.15) is 0 Å². The van der Waals surface area contributed by atoms with Crippen LogP contribution in [0.5, 0.6) is 0 Å². The van der Waals surface area contributed by atoms with Gasteiger partial charge in [0.25, 0.3) is 0 Å². The molecule has 0 amide bonds. The Balaban J connectivity index is 1.95. The van der Waals surface area contributed by atoms with Gasteiger partial charge in [-0.3, -0.25) is 0 Å². The van der Waals surface area contributed by atoms with Gasteiger partial charge >= 0.3 is 0 Å². The molecule has 0 fully saturated rings. The van der Waals surface area contributed by atoms with E-state index in [1.165, 1.54) is 44.1 Å². The van der Waals surface area contributed by atoms with Crippen LogP contribution in [0, 0.1) is 0 Å². The second-order valence-electron chi connectivity index (χ2n) is 4.47. The Kier molecular flexibility index (Phi) is 8.09. The Morgan fingerprint density at radius 2 is 1.65 bits per heavy atom. The molecule has 0 bridgehead atoms. The summed E-state index contributed by atoms with van der Waals surface area (Å²) < 4.78 is 0. The number of hydrogen-bond acceptors (Lipinski definition) is 1. The molecule has 94 valence electrons. The molecule has 1 nitrogen and oxygen atoms in total. The summed E-state index contributed by atoms with van der Waals surface area (Å²) in [6.07, 6.45) is 12.3. The van der Waals surface area contributed by atoms with Gasteiger partial charge in [-0.1, -0.05) is 69.4 Å². The summed E-state index contributed by atoms with van der Waals surface area (Å²) in [6.45, 7) is 3.35. The van der Waals surface area contributed by atoms with Crippen LogP contribution in [0.2, 0.25) is 0 Å². The van der Waals surface area contributed by atoms with Crippen molar-refractivity contribution in [3.63, 3.8) is 0 Å². The van der Waals surface area contributed by atoms with Crippen LogP contribution in [-0.4, -0.2) is 6.54 Å². The first-order valence-electron chi connectivity index (χ1n) is 6.88. The fourth-order valence-corrected chi connectivity index (χ4v) is 1.81. The SMILES string of the molecule is CCCCCCCCNC=Cc1ccccc1. The van der Waals surface area contributed by atoms with Crippen LogP contribution >= 0.6 is 0 Å². The summed E-state index contributed by atoms with van der Waals surface area (Å²) in [6, 6.07) is 10.4. The fraction of sp³-hybridized carbons (Fsp3) is 0.500. The number of hydrogen-bond donors (Lipinski definition) is 1. The van der Waals surface area contributed by atoms with Crippen LogP contribution in [-0.2, 0) is 0 Å². The average molecular weight is 231 g/mol. The fourth-order valence-electron chi connectivity index (χ4n) is 1.81. The van der Waals surface area contributed by atoms with E-state index >= 15 is 0 Å². The highest BCUT2D eigenvalue weighted by molar-refractivity contribution is 5.48. The number of unbranched alkanes of at least 4 members (excludes halogenated alkanes) is 5. The first-order valence-corrected chi connectivity index (χ1v) is 6.88. The molecule has 0 atom stereocenters. The maximum Gasteiger partial charge on any atom is 0.0141 e. The van der Waals surface area contributed by atoms with Crippen LogP contribution in [0.3, 0.4) is 0 Å². The molecule has 1 heteroatoms. The van der Waals surface area contributed by atoms with Crippen molar-refractivity contribution in [2.24, 2.45) is 0 Å². The van der Waals surface area contributed by atoms with E-state index in [0.29, 0.717) is 0 Å². The first-order chi connectivity index (χ1) is 8.43. The molecular weight excluding hydrogens is 206 g/mol. The van der Waals surface area contributed by atoms with E-state index in [9.17, 15) is 0 Å². The molecule has 0 unspecified atom stereocenters. The lowest BCUT2D eigenvalue weighted by Gasteiger charge is -2.01. The Morgan fingerprint density at radius 3 is 2.41 bits per heavy atom. The van der Waals surface area contributed by atoms with Crippen molar-refractivity contribution in [2.45, 2.75) is 45.4 Å². The second-order valence-corrected chi connectivity index (χ2v) is 4.47. The summed E-state index contributed by atoms with van der Waals surface area (Å²) in [5, 5.41) is 3.34. The zero-order chi connectivity index (χ0) is 12.2. The third kappa shape index (κ3) is 7.62. The lowest BCUT2D eigenvalue weighted by atomic mass is 10.1. The highest BCUT2D eigenvalue weighted by Crippen LogP contribution is 2.04. The van der Waals surface area contributed by atoms with Crippen molar-refractivity contribution in [2.75, 3.05) is 6.54 Å². The lowest BCUT2D eigenvalue weighted by molar-refractivity contribution is 0.598. The highest BCUT2D eigenvalue weighted by atomic mass is 14.8. The quantitative estimate of drug-likeness (QED) is 0.612. The Labute approximate surface area is 106 Å². The van der Waals surface area contributed by atoms with E-state index in [4.69, 9.17) is 0 Å². The minimum Gasteiger partial charge on any atom is -0.391 e. The van der Waals surface area contributed by atoms with E-state index < -0.39 is 0 Å². The Bertz CT molecular complexity index is 290. The molecule has 0 aliphatic rings. The zero-order valence-electron chi connectivity index (χ0n) is 11.0. The van der Waals surface area contributed by atoms with E-state index in [-0.39, 0.29) is 0 Å². The molecule has 0 aliphatic carbocycles. The number of rotatable bonds is 9. The van der Waals surface area contributed by atoms with Gasteiger partial charge < -0.3 is 5.32 Å². The van der Waals surface area contributed by atoms with Gasteiger partial charge in [-0.05, 0) is 24.3 Å². The predicted octanol–water partition coefficient (Wildman–Crippen LogP) is 4.61. The van der Waals surface area contributed by atoms with Crippen LogP contribution in [0.25, 0.3) is 6.08 Å². The Hall–Kier alpha value is -1.24. The first kappa shape index (κ1) is 13.8. The monoisotopic (exact) mass is 231 g/mol. The van der Waals surface area contributed by atoms with Crippen molar-refractivity contribution in [3.8, 4) is 0 Å². The molecule has 0 aromatic heterocycles. The molecule has 1 N–H and O–H groups in total. The summed E-state index contributed by atoms with van der Waals surface area (Å²) in [5.74, 6) is 0. The van der Waals surface area contributed by atoms with E-state index in [0.717, 1.165) is 6.54 Å². The molecule has 0 saturated carbocycles. The topological polar surface area (TPSA) is 12.0 Å². The van der Waals surface area contributed by atoms with Crippen molar-refractivity contribution in [1.82, 2.24) is 5.32 Å². The van der Waals surface area contributed by atoms with Gasteiger partial charge in [0.15, 0.2) is 0 Å². The van der Waals surface area contributed by atoms with Crippen molar-refractivity contribution >= 4 is 6.08 Å². The molecule has 0 aliphatic heterocycles. The molecule has 0 saturated heterocycles. The summed E-state index contributed by atoms with van der Waals surface area (Å²) in [7, 11) is 0. The zero-order valence-corrected chi connectivity index (χ0v) is 11.0. The summed E-state index contributed by atoms with van der Waals surface area (Å²) in [5.41, 5.74) is 1.25. The second kappa shape index (κ2) is 9.95. The molecule has 0 spiro atoms. The van der Waals surface area contributed by atoms with Gasteiger partial charge in [-0.25, -0.2) is 0 Å². The van der Waals surface area contributed by atoms with Gasteiger partial charge in [0, 0.05) is 6.54 Å². The minimum atomic E-state index is 1.09. The largest absolute Gasteiger partial charge is 0.391 e. The van der Waals surface area contributed by atoms with Crippen LogP contribution < -0.4 is 5.32 Å². The Morgan fingerprint density at radius 1 is 0.941 bits per heavy atom. The van der Waals surface area contributed by atoms with Crippen molar-refractivity contribution in [3.05, 3.63) is 42.1 Å². The average Bonchev–Trinajstić information content (AvgIpc) is 2.38. The maximum absolute atomic E-state index is 3.34. The summed E-state index contributed by atoms with van der Waals surface area (Å²) >= 11 is 0. The molecule has 1 rings (SSSR count). The molecular formula is C16H25N. The van der Waals surface area contributed by atoms with E-state index in [2.05, 4.69) is 48.8 Å². The number of nitrogens with one attached hydrogen (secondary N) is 1. The van der Waals surface area contributed by atoms with E-state index in [1.807, 2.05) is 6.07 Å². The van der Waals surface area contributed by atoms with Crippen molar-refractivity contribution < 1.29 is 0 Å². The smallest absolute Gasteiger partial charge is 0.0141 e. The highest BCUT2D eigenvalue weighted by Gasteiger charge is 1.88. The van der Waals surface area contributed by atoms with E-state index in [1.54, 1.807) is 0 Å². The molecule has 1 aromatic rings. The van der Waals surface area contributed by atoms with Gasteiger partial charge in [0.05, 0.1) is 0 Å². The maximum atomic E-state index is 3.34. The van der Waals surface area contributed by atoms with Crippen molar-refractivity contribution in [1.29, 1.82) is 0 Å². The minimum absolute atomic E-state index is 1.09.